The highest BCUT2D eigenvalue weighted by atomic mass is 32.2. The van der Waals surface area contributed by atoms with Gasteiger partial charge in [-0.25, -0.2) is 0 Å². The van der Waals surface area contributed by atoms with Crippen LogP contribution in [0.4, 0.5) is 0 Å². The number of carbonyl (C=O) groups is 1. The molecule has 1 heterocycles. The zero-order valence-corrected chi connectivity index (χ0v) is 9.90. The van der Waals surface area contributed by atoms with Crippen LogP contribution in [0.25, 0.3) is 0 Å². The maximum atomic E-state index is 11.7. The van der Waals surface area contributed by atoms with Crippen LogP contribution in [0.3, 0.4) is 0 Å². The monoisotopic (exact) mass is 216 g/mol. The molecule has 0 aliphatic carbocycles. The molecule has 0 bridgehead atoms. The van der Waals surface area contributed by atoms with E-state index in [0.29, 0.717) is 17.7 Å². The molecule has 1 fully saturated rings. The van der Waals surface area contributed by atoms with Gasteiger partial charge in [0.05, 0.1) is 5.75 Å². The van der Waals surface area contributed by atoms with E-state index in [1.165, 1.54) is 0 Å². The topological polar surface area (TPSA) is 32.3 Å². The molecule has 1 amide bonds. The fourth-order valence-electron chi connectivity index (χ4n) is 1.55. The van der Waals surface area contributed by atoms with E-state index < -0.39 is 0 Å². The zero-order valence-electron chi connectivity index (χ0n) is 9.08. The van der Waals surface area contributed by atoms with Gasteiger partial charge in [-0.3, -0.25) is 4.79 Å². The quantitative estimate of drug-likeness (QED) is 0.710. The first-order valence-corrected chi connectivity index (χ1v) is 6.48. The molecule has 82 valence electrons. The summed E-state index contributed by atoms with van der Waals surface area (Å²) in [7, 11) is 0. The maximum absolute atomic E-state index is 11.7. The Balaban J connectivity index is 2.22. The number of piperazine rings is 1. The number of rotatable bonds is 4. The first-order chi connectivity index (χ1) is 6.74. The fraction of sp³-hybridized carbons (Fsp3) is 0.900. The van der Waals surface area contributed by atoms with Crippen molar-refractivity contribution in [3.63, 3.8) is 0 Å². The van der Waals surface area contributed by atoms with Crippen LogP contribution >= 0.6 is 11.8 Å². The lowest BCUT2D eigenvalue weighted by molar-refractivity contribution is -0.129. The second kappa shape index (κ2) is 6.30. The Hall–Kier alpha value is -0.220. The van der Waals surface area contributed by atoms with E-state index in [4.69, 9.17) is 0 Å². The van der Waals surface area contributed by atoms with Gasteiger partial charge in [-0.2, -0.15) is 11.8 Å². The summed E-state index contributed by atoms with van der Waals surface area (Å²) in [4.78, 5) is 13.7. The summed E-state index contributed by atoms with van der Waals surface area (Å²) < 4.78 is 0. The number of amides is 1. The van der Waals surface area contributed by atoms with Gasteiger partial charge in [0.2, 0.25) is 5.91 Å². The van der Waals surface area contributed by atoms with Crippen LogP contribution in [-0.2, 0) is 4.79 Å². The van der Waals surface area contributed by atoms with Gasteiger partial charge < -0.3 is 10.2 Å². The third kappa shape index (κ3) is 3.88. The molecular weight excluding hydrogens is 196 g/mol. The van der Waals surface area contributed by atoms with Crippen molar-refractivity contribution in [1.82, 2.24) is 10.2 Å². The van der Waals surface area contributed by atoms with Gasteiger partial charge in [-0.1, -0.05) is 6.92 Å². The molecule has 0 aromatic carbocycles. The minimum atomic E-state index is 0.303. The Morgan fingerprint density at radius 3 is 3.07 bits per heavy atom. The van der Waals surface area contributed by atoms with Gasteiger partial charge in [0.15, 0.2) is 0 Å². The van der Waals surface area contributed by atoms with E-state index in [0.717, 1.165) is 31.8 Å². The SMILES string of the molecule is CCCSCC(=O)N1CCN[C@H](C)C1. The van der Waals surface area contributed by atoms with Gasteiger partial charge in [0.25, 0.3) is 0 Å². The lowest BCUT2D eigenvalue weighted by atomic mass is 10.2. The smallest absolute Gasteiger partial charge is 0.232 e. The molecule has 4 heteroatoms. The summed E-state index contributed by atoms with van der Waals surface area (Å²) in [6.07, 6.45) is 1.15. The third-order valence-corrected chi connectivity index (χ3v) is 3.44. The van der Waals surface area contributed by atoms with Crippen LogP contribution in [0.1, 0.15) is 20.3 Å². The predicted molar refractivity (Wildman–Crippen MR) is 61.7 cm³/mol. The van der Waals surface area contributed by atoms with Crippen molar-refractivity contribution in [3.05, 3.63) is 0 Å². The van der Waals surface area contributed by atoms with Crippen LogP contribution in [0.2, 0.25) is 0 Å². The molecule has 0 aromatic heterocycles. The van der Waals surface area contributed by atoms with Gasteiger partial charge in [0.1, 0.15) is 0 Å². The van der Waals surface area contributed by atoms with Crippen molar-refractivity contribution < 1.29 is 4.79 Å². The fourth-order valence-corrected chi connectivity index (χ4v) is 2.34. The number of hydrogen-bond acceptors (Lipinski definition) is 3. The van der Waals surface area contributed by atoms with Crippen molar-refractivity contribution in [1.29, 1.82) is 0 Å². The summed E-state index contributed by atoms with van der Waals surface area (Å²) in [6, 6.07) is 0.448. The molecule has 1 rings (SSSR count). The number of nitrogens with zero attached hydrogens (tertiary/aromatic N) is 1. The van der Waals surface area contributed by atoms with E-state index >= 15 is 0 Å². The molecule has 14 heavy (non-hydrogen) atoms. The van der Waals surface area contributed by atoms with Gasteiger partial charge >= 0.3 is 0 Å². The first kappa shape index (κ1) is 11.9. The molecule has 1 saturated heterocycles. The minimum Gasteiger partial charge on any atom is -0.339 e. The molecule has 1 aliphatic heterocycles. The summed E-state index contributed by atoms with van der Waals surface area (Å²) in [6.45, 7) is 6.94. The summed E-state index contributed by atoms with van der Waals surface area (Å²) in [5.41, 5.74) is 0. The Kier molecular flexibility index (Phi) is 5.33. The lowest BCUT2D eigenvalue weighted by Crippen LogP contribution is -2.51. The van der Waals surface area contributed by atoms with E-state index in [-0.39, 0.29) is 0 Å². The summed E-state index contributed by atoms with van der Waals surface area (Å²) in [5, 5.41) is 3.33. The van der Waals surface area contributed by atoms with Gasteiger partial charge in [-0.05, 0) is 19.1 Å². The van der Waals surface area contributed by atoms with Crippen molar-refractivity contribution >= 4 is 17.7 Å². The molecule has 0 saturated carbocycles. The maximum Gasteiger partial charge on any atom is 0.232 e. The van der Waals surface area contributed by atoms with E-state index in [9.17, 15) is 4.79 Å². The van der Waals surface area contributed by atoms with Crippen molar-refractivity contribution in [2.45, 2.75) is 26.3 Å². The van der Waals surface area contributed by atoms with Gasteiger partial charge in [0, 0.05) is 25.7 Å². The molecule has 0 unspecified atom stereocenters. The van der Waals surface area contributed by atoms with Crippen molar-refractivity contribution in [3.8, 4) is 0 Å². The normalized spacial score (nSPS) is 22.4. The Labute approximate surface area is 90.6 Å². The number of carbonyl (C=O) groups excluding carboxylic acids is 1. The average molecular weight is 216 g/mol. The lowest BCUT2D eigenvalue weighted by Gasteiger charge is -2.31. The van der Waals surface area contributed by atoms with E-state index in [1.807, 2.05) is 4.90 Å². The van der Waals surface area contributed by atoms with E-state index in [1.54, 1.807) is 11.8 Å². The summed E-state index contributed by atoms with van der Waals surface area (Å²) >= 11 is 1.74. The van der Waals surface area contributed by atoms with Crippen molar-refractivity contribution in [2.75, 3.05) is 31.1 Å². The molecule has 0 aromatic rings. The predicted octanol–water partition coefficient (Wildman–Crippen LogP) is 0.950. The number of nitrogens with one attached hydrogen (secondary N) is 1. The highest BCUT2D eigenvalue weighted by Gasteiger charge is 2.19. The Morgan fingerprint density at radius 1 is 1.64 bits per heavy atom. The van der Waals surface area contributed by atoms with Crippen molar-refractivity contribution in [2.24, 2.45) is 0 Å². The molecule has 3 nitrogen and oxygen atoms in total. The Morgan fingerprint density at radius 2 is 2.43 bits per heavy atom. The van der Waals surface area contributed by atoms with Gasteiger partial charge in [-0.15, -0.1) is 0 Å². The Bertz CT molecular complexity index is 187. The largest absolute Gasteiger partial charge is 0.339 e. The van der Waals surface area contributed by atoms with Crippen LogP contribution in [0.5, 0.6) is 0 Å². The van der Waals surface area contributed by atoms with Crippen LogP contribution < -0.4 is 5.32 Å². The number of thioether (sulfide) groups is 1. The number of hydrogen-bond donors (Lipinski definition) is 1. The van der Waals surface area contributed by atoms with E-state index in [2.05, 4.69) is 19.2 Å². The summed E-state index contributed by atoms with van der Waals surface area (Å²) in [5.74, 6) is 2.05. The highest BCUT2D eigenvalue weighted by molar-refractivity contribution is 7.99. The van der Waals surface area contributed by atoms with Crippen LogP contribution in [-0.4, -0.2) is 48.0 Å². The zero-order chi connectivity index (χ0) is 10.4. The molecule has 1 aliphatic rings. The standard InChI is InChI=1S/C10H20N2OS/c1-3-6-14-8-10(13)12-5-4-11-9(2)7-12/h9,11H,3-8H2,1-2H3/t9-/m1/s1. The molecule has 1 atom stereocenters. The second-order valence-electron chi connectivity index (χ2n) is 3.75. The molecular formula is C10H20N2OS. The minimum absolute atomic E-state index is 0.303. The van der Waals surface area contributed by atoms with Crippen LogP contribution in [0.15, 0.2) is 0 Å². The third-order valence-electron chi connectivity index (χ3n) is 2.30. The highest BCUT2D eigenvalue weighted by Crippen LogP contribution is 2.06. The molecule has 0 spiro atoms. The average Bonchev–Trinajstić information content (AvgIpc) is 2.18. The first-order valence-electron chi connectivity index (χ1n) is 5.33. The van der Waals surface area contributed by atoms with Crippen LogP contribution in [0, 0.1) is 0 Å². The molecule has 0 radical (unpaired) electrons. The molecule has 1 N–H and O–H groups in total. The second-order valence-corrected chi connectivity index (χ2v) is 4.85.